The molecular formula is C17H11N3S2. The number of imidazole rings is 1. The van der Waals surface area contributed by atoms with Crippen LogP contribution in [0.25, 0.3) is 38.4 Å². The fraction of sp³-hybridized carbons (Fsp3) is 0. The predicted molar refractivity (Wildman–Crippen MR) is 93.7 cm³/mol. The van der Waals surface area contributed by atoms with Crippen LogP contribution in [0, 0.1) is 0 Å². The van der Waals surface area contributed by atoms with Gasteiger partial charge in [0.15, 0.2) is 4.96 Å². The van der Waals surface area contributed by atoms with Crippen molar-refractivity contribution in [2.75, 3.05) is 0 Å². The van der Waals surface area contributed by atoms with Crippen LogP contribution in [-0.2, 0) is 0 Å². The van der Waals surface area contributed by atoms with E-state index in [9.17, 15) is 0 Å². The summed E-state index contributed by atoms with van der Waals surface area (Å²) in [7, 11) is 0. The van der Waals surface area contributed by atoms with Crippen LogP contribution in [0.5, 0.6) is 0 Å². The molecule has 1 N–H and O–H groups in total. The normalized spacial score (nSPS) is 11.6. The quantitative estimate of drug-likeness (QED) is 0.472. The number of thiophene rings is 1. The van der Waals surface area contributed by atoms with E-state index in [4.69, 9.17) is 4.98 Å². The maximum atomic E-state index is 4.74. The Morgan fingerprint density at radius 3 is 2.95 bits per heavy atom. The summed E-state index contributed by atoms with van der Waals surface area (Å²) in [6.07, 6.45) is 4.21. The summed E-state index contributed by atoms with van der Waals surface area (Å²) in [5, 5.41) is 7.64. The molecule has 0 aliphatic carbocycles. The van der Waals surface area contributed by atoms with Gasteiger partial charge in [-0.1, -0.05) is 18.2 Å². The Labute approximate surface area is 134 Å². The van der Waals surface area contributed by atoms with Gasteiger partial charge >= 0.3 is 0 Å². The number of rotatable bonds is 2. The van der Waals surface area contributed by atoms with E-state index < -0.39 is 0 Å². The first-order chi connectivity index (χ1) is 10.9. The van der Waals surface area contributed by atoms with Crippen LogP contribution in [0.4, 0.5) is 0 Å². The van der Waals surface area contributed by atoms with Crippen molar-refractivity contribution in [3.63, 3.8) is 0 Å². The van der Waals surface area contributed by atoms with Gasteiger partial charge in [0.1, 0.15) is 0 Å². The van der Waals surface area contributed by atoms with E-state index in [-0.39, 0.29) is 0 Å². The molecular weight excluding hydrogens is 310 g/mol. The topological polar surface area (TPSA) is 33.1 Å². The van der Waals surface area contributed by atoms with Crippen LogP contribution >= 0.6 is 22.7 Å². The minimum atomic E-state index is 1.03. The molecule has 5 rings (SSSR count). The molecule has 0 saturated heterocycles. The Morgan fingerprint density at radius 1 is 1.09 bits per heavy atom. The van der Waals surface area contributed by atoms with Crippen LogP contribution in [0.1, 0.15) is 0 Å². The molecule has 5 heteroatoms. The van der Waals surface area contributed by atoms with Crippen molar-refractivity contribution in [3.05, 3.63) is 58.9 Å². The average Bonchev–Trinajstić information content (AvgIpc) is 3.29. The summed E-state index contributed by atoms with van der Waals surface area (Å²) in [5.74, 6) is 0. The second kappa shape index (κ2) is 4.56. The largest absolute Gasteiger partial charge is 0.360 e. The molecule has 1 aromatic carbocycles. The SMILES string of the molecule is c1ccc2c(-c3csc4nc(-c5ccsc5)cn34)c[nH]c2c1. The number of hydrogen-bond acceptors (Lipinski definition) is 3. The lowest BCUT2D eigenvalue weighted by Gasteiger charge is -1.97. The zero-order chi connectivity index (χ0) is 14.5. The van der Waals surface area contributed by atoms with E-state index >= 15 is 0 Å². The molecule has 0 fully saturated rings. The van der Waals surface area contributed by atoms with Gasteiger partial charge in [-0.25, -0.2) is 4.98 Å². The first-order valence-electron chi connectivity index (χ1n) is 6.96. The van der Waals surface area contributed by atoms with Crippen molar-refractivity contribution in [1.29, 1.82) is 0 Å². The zero-order valence-corrected chi connectivity index (χ0v) is 13.1. The highest BCUT2D eigenvalue weighted by Gasteiger charge is 2.13. The number of nitrogens with zero attached hydrogens (tertiary/aromatic N) is 2. The molecule has 22 heavy (non-hydrogen) atoms. The van der Waals surface area contributed by atoms with Crippen LogP contribution in [0.2, 0.25) is 0 Å². The summed E-state index contributed by atoms with van der Waals surface area (Å²) in [6.45, 7) is 0. The van der Waals surface area contributed by atoms with Gasteiger partial charge in [-0.3, -0.25) is 4.40 Å². The number of benzene rings is 1. The molecule has 0 bridgehead atoms. The minimum Gasteiger partial charge on any atom is -0.360 e. The van der Waals surface area contributed by atoms with Gasteiger partial charge in [-0.05, 0) is 17.5 Å². The van der Waals surface area contributed by atoms with Gasteiger partial charge in [0.05, 0.1) is 11.4 Å². The molecule has 4 aromatic heterocycles. The first-order valence-corrected chi connectivity index (χ1v) is 8.78. The molecule has 0 aliphatic heterocycles. The smallest absolute Gasteiger partial charge is 0.194 e. The van der Waals surface area contributed by atoms with Gasteiger partial charge in [0.2, 0.25) is 0 Å². The second-order valence-corrected chi connectivity index (χ2v) is 6.78. The maximum Gasteiger partial charge on any atom is 0.194 e. The number of aromatic nitrogens is 3. The molecule has 0 spiro atoms. The number of fused-ring (bicyclic) bond motifs is 2. The number of aromatic amines is 1. The number of H-pyrrole nitrogens is 1. The van der Waals surface area contributed by atoms with Gasteiger partial charge in [0.25, 0.3) is 0 Å². The number of thiazole rings is 1. The van der Waals surface area contributed by atoms with E-state index in [1.165, 1.54) is 22.2 Å². The van der Waals surface area contributed by atoms with Crippen molar-refractivity contribution in [3.8, 4) is 22.5 Å². The van der Waals surface area contributed by atoms with Crippen molar-refractivity contribution in [2.45, 2.75) is 0 Å². The van der Waals surface area contributed by atoms with E-state index in [1.54, 1.807) is 22.7 Å². The summed E-state index contributed by atoms with van der Waals surface area (Å²) in [6, 6.07) is 10.5. The monoisotopic (exact) mass is 321 g/mol. The second-order valence-electron chi connectivity index (χ2n) is 5.16. The Hall–Kier alpha value is -2.37. The van der Waals surface area contributed by atoms with E-state index in [1.807, 2.05) is 0 Å². The molecule has 0 amide bonds. The van der Waals surface area contributed by atoms with Crippen molar-refractivity contribution in [1.82, 2.24) is 14.4 Å². The molecule has 106 valence electrons. The summed E-state index contributed by atoms with van der Waals surface area (Å²) < 4.78 is 2.19. The third kappa shape index (κ3) is 1.70. The lowest BCUT2D eigenvalue weighted by atomic mass is 10.1. The van der Waals surface area contributed by atoms with E-state index in [2.05, 4.69) is 68.3 Å². The maximum absolute atomic E-state index is 4.74. The Bertz CT molecular complexity index is 1080. The van der Waals surface area contributed by atoms with Gasteiger partial charge in [-0.15, -0.1) is 11.3 Å². The van der Waals surface area contributed by atoms with Crippen molar-refractivity contribution in [2.24, 2.45) is 0 Å². The van der Waals surface area contributed by atoms with Gasteiger partial charge < -0.3 is 4.98 Å². The average molecular weight is 321 g/mol. The van der Waals surface area contributed by atoms with Crippen LogP contribution in [-0.4, -0.2) is 14.4 Å². The molecule has 0 aliphatic rings. The first kappa shape index (κ1) is 12.2. The van der Waals surface area contributed by atoms with Crippen LogP contribution in [0.15, 0.2) is 58.9 Å². The highest BCUT2D eigenvalue weighted by atomic mass is 32.1. The summed E-state index contributed by atoms with van der Waals surface area (Å²) >= 11 is 3.38. The summed E-state index contributed by atoms with van der Waals surface area (Å²) in [5.41, 5.74) is 5.79. The Kier molecular flexibility index (Phi) is 2.53. The Morgan fingerprint density at radius 2 is 2.05 bits per heavy atom. The van der Waals surface area contributed by atoms with E-state index in [0.717, 1.165) is 16.2 Å². The van der Waals surface area contributed by atoms with Crippen molar-refractivity contribution >= 4 is 38.5 Å². The molecule has 3 nitrogen and oxygen atoms in total. The molecule has 5 aromatic rings. The fourth-order valence-corrected chi connectivity index (χ4v) is 4.33. The third-order valence-corrected chi connectivity index (χ3v) is 5.41. The third-order valence-electron chi connectivity index (χ3n) is 3.89. The Balaban J connectivity index is 1.75. The lowest BCUT2D eigenvalue weighted by molar-refractivity contribution is 1.24. The van der Waals surface area contributed by atoms with Gasteiger partial charge in [-0.2, -0.15) is 11.3 Å². The fourth-order valence-electron chi connectivity index (χ4n) is 2.81. The van der Waals surface area contributed by atoms with Gasteiger partial charge in [0, 0.05) is 45.2 Å². The highest BCUT2D eigenvalue weighted by Crippen LogP contribution is 2.33. The molecule has 0 radical (unpaired) electrons. The van der Waals surface area contributed by atoms with Crippen LogP contribution in [0.3, 0.4) is 0 Å². The molecule has 0 atom stereocenters. The predicted octanol–water partition coefficient (Wildman–Crippen LogP) is 5.27. The van der Waals surface area contributed by atoms with Crippen molar-refractivity contribution < 1.29 is 0 Å². The van der Waals surface area contributed by atoms with Crippen LogP contribution < -0.4 is 0 Å². The minimum absolute atomic E-state index is 1.03. The molecule has 0 unspecified atom stereocenters. The number of para-hydroxylation sites is 1. The lowest BCUT2D eigenvalue weighted by Crippen LogP contribution is -1.82. The highest BCUT2D eigenvalue weighted by molar-refractivity contribution is 7.15. The molecule has 4 heterocycles. The zero-order valence-electron chi connectivity index (χ0n) is 11.5. The summed E-state index contributed by atoms with van der Waals surface area (Å²) in [4.78, 5) is 9.12. The number of nitrogens with one attached hydrogen (secondary N) is 1. The molecule has 0 saturated carbocycles. The standard InChI is InChI=1S/C17H11N3S2/c1-2-4-14-12(3-1)13(7-18-14)16-10-22-17-19-15(8-20(16)17)11-5-6-21-9-11/h1-10,18H. The van der Waals surface area contributed by atoms with E-state index in [0.29, 0.717) is 0 Å². The number of hydrogen-bond donors (Lipinski definition) is 1.